The lowest BCUT2D eigenvalue weighted by Gasteiger charge is -2.11. The molecule has 0 aliphatic heterocycles. The molecule has 0 aliphatic carbocycles. The molecule has 1 atom stereocenters. The Morgan fingerprint density at radius 1 is 0.900 bits per heavy atom. The summed E-state index contributed by atoms with van der Waals surface area (Å²) < 4.78 is 69.6. The smallest absolute Gasteiger partial charge is 0.206 e. The molecule has 0 aliphatic rings. The molecule has 8 heteroatoms. The van der Waals surface area contributed by atoms with Crippen molar-refractivity contribution in [3.63, 3.8) is 0 Å². The predicted molar refractivity (Wildman–Crippen MR) is 67.4 cm³/mol. The fourth-order valence-electron chi connectivity index (χ4n) is 1.49. The van der Waals surface area contributed by atoms with E-state index in [9.17, 15) is 22.0 Å². The van der Waals surface area contributed by atoms with Crippen molar-refractivity contribution >= 4 is 12.6 Å². The minimum absolute atomic E-state index is 0.104. The lowest BCUT2D eigenvalue weighted by atomic mass is 10.1. The van der Waals surface area contributed by atoms with Gasteiger partial charge in [0, 0.05) is 11.8 Å². The van der Waals surface area contributed by atoms with E-state index in [2.05, 4.69) is 17.4 Å². The van der Waals surface area contributed by atoms with Gasteiger partial charge in [-0.15, -0.1) is 0 Å². The Kier molecular flexibility index (Phi) is 6.54. The highest BCUT2D eigenvalue weighted by Crippen LogP contribution is 2.29. The Morgan fingerprint density at radius 2 is 1.40 bits per heavy atom. The van der Waals surface area contributed by atoms with Crippen molar-refractivity contribution in [1.82, 2.24) is 0 Å². The molecule has 0 heterocycles. The van der Waals surface area contributed by atoms with Crippen LogP contribution in [0.1, 0.15) is 19.3 Å². The van der Waals surface area contributed by atoms with Crippen molar-refractivity contribution < 1.29 is 26.7 Å². The van der Waals surface area contributed by atoms with Crippen molar-refractivity contribution in [3.8, 4) is 5.75 Å². The first kappa shape index (κ1) is 17.0. The molecule has 0 amide bonds. The van der Waals surface area contributed by atoms with Crippen LogP contribution in [0.15, 0.2) is 0 Å². The zero-order valence-corrected chi connectivity index (χ0v) is 11.3. The largest absolute Gasteiger partial charge is 0.487 e. The molecule has 0 bridgehead atoms. The molecule has 0 saturated heterocycles. The molecule has 0 spiro atoms. The number of hydrogen-bond acceptors (Lipinski definition) is 3. The number of halogens is 5. The van der Waals surface area contributed by atoms with Crippen molar-refractivity contribution in [3.05, 3.63) is 29.1 Å². The van der Waals surface area contributed by atoms with E-state index >= 15 is 0 Å². The summed E-state index contributed by atoms with van der Waals surface area (Å²) in [5.41, 5.74) is 5.59. The van der Waals surface area contributed by atoms with Gasteiger partial charge in [-0.1, -0.05) is 0 Å². The van der Waals surface area contributed by atoms with E-state index < -0.39 is 34.8 Å². The van der Waals surface area contributed by atoms with Gasteiger partial charge in [-0.05, 0) is 19.3 Å². The zero-order chi connectivity index (χ0) is 15.3. The van der Waals surface area contributed by atoms with Gasteiger partial charge in [-0.3, -0.25) is 0 Å². The molecule has 2 nitrogen and oxygen atoms in total. The van der Waals surface area contributed by atoms with E-state index in [4.69, 9.17) is 5.73 Å². The van der Waals surface area contributed by atoms with Crippen LogP contribution in [0, 0.1) is 29.1 Å². The molecule has 0 saturated carbocycles. The predicted octanol–water partition coefficient (Wildman–Crippen LogP) is 3.19. The van der Waals surface area contributed by atoms with Crippen LogP contribution in [-0.4, -0.2) is 18.4 Å². The lowest BCUT2D eigenvalue weighted by molar-refractivity contribution is 0.255. The highest BCUT2D eigenvalue weighted by atomic mass is 32.1. The third kappa shape index (κ3) is 3.99. The van der Waals surface area contributed by atoms with Crippen LogP contribution in [0.4, 0.5) is 22.0 Å². The molecule has 0 unspecified atom stereocenters. The summed E-state index contributed by atoms with van der Waals surface area (Å²) in [5, 5.41) is 0. The van der Waals surface area contributed by atoms with E-state index in [1.54, 1.807) is 0 Å². The van der Waals surface area contributed by atoms with E-state index in [0.717, 1.165) is 0 Å². The second-order valence-corrected chi connectivity index (χ2v) is 4.55. The van der Waals surface area contributed by atoms with Crippen LogP contribution < -0.4 is 10.5 Å². The van der Waals surface area contributed by atoms with Crippen molar-refractivity contribution in [2.75, 3.05) is 12.4 Å². The van der Waals surface area contributed by atoms with Gasteiger partial charge < -0.3 is 10.5 Å². The van der Waals surface area contributed by atoms with Gasteiger partial charge in [-0.25, -0.2) is 13.2 Å². The molecule has 1 aromatic carbocycles. The van der Waals surface area contributed by atoms with Crippen LogP contribution in [0.5, 0.6) is 5.75 Å². The molecule has 114 valence electrons. The van der Waals surface area contributed by atoms with Crippen molar-refractivity contribution in [1.29, 1.82) is 0 Å². The molecular weight excluding hydrogens is 301 g/mol. The number of thiol groups is 1. The van der Waals surface area contributed by atoms with Crippen LogP contribution in [0.3, 0.4) is 0 Å². The number of ether oxygens (including phenoxy) is 1. The van der Waals surface area contributed by atoms with E-state index in [-0.39, 0.29) is 12.6 Å². The van der Waals surface area contributed by atoms with Gasteiger partial charge in [0.15, 0.2) is 5.75 Å². The quantitative estimate of drug-likeness (QED) is 0.266. The van der Waals surface area contributed by atoms with Crippen LogP contribution in [0.25, 0.3) is 0 Å². The summed E-state index contributed by atoms with van der Waals surface area (Å²) in [4.78, 5) is 0. The number of hydrogen-bond donors (Lipinski definition) is 2. The molecule has 0 fully saturated rings. The first-order valence-electron chi connectivity index (χ1n) is 5.90. The second-order valence-electron chi connectivity index (χ2n) is 4.19. The molecule has 2 N–H and O–H groups in total. The Labute approximate surface area is 118 Å². The Morgan fingerprint density at radius 3 is 1.90 bits per heavy atom. The lowest BCUT2D eigenvalue weighted by Crippen LogP contribution is -2.21. The summed E-state index contributed by atoms with van der Waals surface area (Å²) in [6.45, 7) is -0.169. The second kappa shape index (κ2) is 7.68. The Balaban J connectivity index is 2.61. The third-order valence-electron chi connectivity index (χ3n) is 2.62. The van der Waals surface area contributed by atoms with Gasteiger partial charge in [0.1, 0.15) is 0 Å². The Hall–Kier alpha value is -1.02. The summed E-state index contributed by atoms with van der Waals surface area (Å²) in [7, 11) is 0. The molecule has 20 heavy (non-hydrogen) atoms. The van der Waals surface area contributed by atoms with Crippen molar-refractivity contribution in [2.24, 2.45) is 5.73 Å². The third-order valence-corrected chi connectivity index (χ3v) is 3.09. The first-order valence-corrected chi connectivity index (χ1v) is 6.54. The van der Waals surface area contributed by atoms with Gasteiger partial charge in [0.2, 0.25) is 29.1 Å². The monoisotopic (exact) mass is 315 g/mol. The number of nitrogens with two attached hydrogens (primary N) is 1. The van der Waals surface area contributed by atoms with E-state index in [1.165, 1.54) is 0 Å². The maximum atomic E-state index is 13.2. The fourth-order valence-corrected chi connectivity index (χ4v) is 1.67. The fraction of sp³-hybridized carbons (Fsp3) is 0.500. The minimum Gasteiger partial charge on any atom is -0.487 e. The SMILES string of the molecule is N[C@@H](CS)CCCCOc1c(F)c(F)c(F)c(F)c1F. The summed E-state index contributed by atoms with van der Waals surface area (Å²) in [6.07, 6.45) is 1.60. The normalized spacial score (nSPS) is 12.6. The average molecular weight is 315 g/mol. The maximum Gasteiger partial charge on any atom is 0.206 e. The van der Waals surface area contributed by atoms with Gasteiger partial charge in [0.25, 0.3) is 0 Å². The molecule has 0 radical (unpaired) electrons. The standard InChI is InChI=1S/C12H14F5NOS/c13-7-8(14)10(16)12(11(17)9(7)15)19-4-2-1-3-6(18)5-20/h6,20H,1-5,18H2/t6-/m1/s1. The van der Waals surface area contributed by atoms with Gasteiger partial charge >= 0.3 is 0 Å². The van der Waals surface area contributed by atoms with Crippen molar-refractivity contribution in [2.45, 2.75) is 25.3 Å². The molecule has 0 aromatic heterocycles. The zero-order valence-electron chi connectivity index (χ0n) is 10.4. The molecule has 1 aromatic rings. The number of rotatable bonds is 7. The highest BCUT2D eigenvalue weighted by molar-refractivity contribution is 7.80. The summed E-state index contributed by atoms with van der Waals surface area (Å²) >= 11 is 3.98. The maximum absolute atomic E-state index is 13.2. The highest BCUT2D eigenvalue weighted by Gasteiger charge is 2.26. The van der Waals surface area contributed by atoms with Crippen LogP contribution in [0.2, 0.25) is 0 Å². The first-order chi connectivity index (χ1) is 9.40. The van der Waals surface area contributed by atoms with Gasteiger partial charge in [0.05, 0.1) is 6.61 Å². The van der Waals surface area contributed by atoms with E-state index in [1.807, 2.05) is 0 Å². The Bertz CT molecular complexity index is 443. The summed E-state index contributed by atoms with van der Waals surface area (Å²) in [5.74, 6) is -10.9. The van der Waals surface area contributed by atoms with Crippen LogP contribution in [-0.2, 0) is 0 Å². The van der Waals surface area contributed by atoms with E-state index in [0.29, 0.717) is 25.0 Å². The minimum atomic E-state index is -2.20. The summed E-state index contributed by atoms with van der Waals surface area (Å²) in [6, 6.07) is -0.104. The number of unbranched alkanes of at least 4 members (excludes halogenated alkanes) is 1. The molecular formula is C12H14F5NOS. The molecule has 1 rings (SSSR count). The number of benzene rings is 1. The average Bonchev–Trinajstić information content (AvgIpc) is 2.45. The topological polar surface area (TPSA) is 35.2 Å². The van der Waals surface area contributed by atoms with Gasteiger partial charge in [-0.2, -0.15) is 21.4 Å². The van der Waals surface area contributed by atoms with Crippen LogP contribution >= 0.6 is 12.6 Å².